The zero-order valence-corrected chi connectivity index (χ0v) is 11.1. The van der Waals surface area contributed by atoms with E-state index in [1.165, 1.54) is 16.7 Å². The molecule has 2 rings (SSSR count). The van der Waals surface area contributed by atoms with E-state index in [-0.39, 0.29) is 18.2 Å². The fourth-order valence-electron chi connectivity index (χ4n) is 1.78. The van der Waals surface area contributed by atoms with Gasteiger partial charge in [0.25, 0.3) is 0 Å². The number of amides is 1. The zero-order valence-electron chi connectivity index (χ0n) is 10.3. The van der Waals surface area contributed by atoms with Crippen LogP contribution >= 0.6 is 11.8 Å². The average molecular weight is 279 g/mol. The predicted octanol–water partition coefficient (Wildman–Crippen LogP) is 1.65. The number of ether oxygens (including phenoxy) is 1. The number of carbonyl (C=O) groups is 2. The van der Waals surface area contributed by atoms with Crippen molar-refractivity contribution in [2.45, 2.75) is 0 Å². The van der Waals surface area contributed by atoms with Gasteiger partial charge >= 0.3 is 5.97 Å². The molecular formula is C13H13NO4S. The SMILES string of the molecule is COc1cccc(C2=CSCC(=O)N2CC(=O)O)c1. The Bertz CT molecular complexity index is 541. The Labute approximate surface area is 114 Å². The maximum Gasteiger partial charge on any atom is 0.323 e. The summed E-state index contributed by atoms with van der Waals surface area (Å²) < 4.78 is 5.14. The first-order valence-electron chi connectivity index (χ1n) is 5.60. The Morgan fingerprint density at radius 3 is 3.00 bits per heavy atom. The molecule has 1 aliphatic rings. The van der Waals surface area contributed by atoms with E-state index >= 15 is 0 Å². The van der Waals surface area contributed by atoms with Gasteiger partial charge in [0.1, 0.15) is 12.3 Å². The standard InChI is InChI=1S/C13H13NO4S/c1-18-10-4-2-3-9(5-10)11-7-19-8-12(15)14(11)6-13(16)17/h2-5,7H,6,8H2,1H3,(H,16,17). The fraction of sp³-hybridized carbons (Fsp3) is 0.231. The van der Waals surface area contributed by atoms with Gasteiger partial charge in [-0.1, -0.05) is 12.1 Å². The number of methoxy groups -OCH3 is 1. The zero-order chi connectivity index (χ0) is 13.8. The van der Waals surface area contributed by atoms with Gasteiger partial charge in [-0.25, -0.2) is 0 Å². The first kappa shape index (κ1) is 13.5. The molecule has 0 unspecified atom stereocenters. The number of nitrogens with zero attached hydrogens (tertiary/aromatic N) is 1. The minimum Gasteiger partial charge on any atom is -0.497 e. The fourth-order valence-corrected chi connectivity index (χ4v) is 2.59. The molecular weight excluding hydrogens is 266 g/mol. The van der Waals surface area contributed by atoms with Gasteiger partial charge in [-0.15, -0.1) is 11.8 Å². The summed E-state index contributed by atoms with van der Waals surface area (Å²) in [4.78, 5) is 24.0. The van der Waals surface area contributed by atoms with Crippen LogP contribution in [0.2, 0.25) is 0 Å². The molecule has 100 valence electrons. The van der Waals surface area contributed by atoms with Crippen LogP contribution in [0, 0.1) is 0 Å². The Kier molecular flexibility index (Phi) is 4.11. The van der Waals surface area contributed by atoms with E-state index in [0.29, 0.717) is 11.4 Å². The van der Waals surface area contributed by atoms with Crippen LogP contribution in [-0.2, 0) is 9.59 Å². The van der Waals surface area contributed by atoms with E-state index in [2.05, 4.69) is 0 Å². The van der Waals surface area contributed by atoms with E-state index < -0.39 is 5.97 Å². The second kappa shape index (κ2) is 5.79. The smallest absolute Gasteiger partial charge is 0.323 e. The summed E-state index contributed by atoms with van der Waals surface area (Å²) in [5, 5.41) is 10.7. The summed E-state index contributed by atoms with van der Waals surface area (Å²) in [6.45, 7) is -0.331. The van der Waals surface area contributed by atoms with Gasteiger partial charge in [-0.3, -0.25) is 14.5 Å². The molecule has 1 aromatic carbocycles. The highest BCUT2D eigenvalue weighted by Gasteiger charge is 2.25. The third-order valence-corrected chi connectivity index (χ3v) is 3.46. The van der Waals surface area contributed by atoms with Crippen molar-refractivity contribution >= 4 is 29.3 Å². The molecule has 0 aliphatic carbocycles. The summed E-state index contributed by atoms with van der Waals surface area (Å²) in [6.07, 6.45) is 0. The average Bonchev–Trinajstić information content (AvgIpc) is 2.40. The van der Waals surface area contributed by atoms with Gasteiger partial charge < -0.3 is 9.84 Å². The van der Waals surface area contributed by atoms with E-state index in [0.717, 1.165) is 5.56 Å². The number of hydrogen-bond acceptors (Lipinski definition) is 4. The maximum atomic E-state index is 11.8. The first-order valence-corrected chi connectivity index (χ1v) is 6.65. The lowest BCUT2D eigenvalue weighted by molar-refractivity contribution is -0.141. The van der Waals surface area contributed by atoms with Crippen molar-refractivity contribution in [1.82, 2.24) is 4.90 Å². The van der Waals surface area contributed by atoms with E-state index in [1.807, 2.05) is 6.07 Å². The summed E-state index contributed by atoms with van der Waals surface area (Å²) in [7, 11) is 1.56. The molecule has 0 radical (unpaired) electrons. The van der Waals surface area contributed by atoms with Crippen LogP contribution in [0.25, 0.3) is 5.70 Å². The van der Waals surface area contributed by atoms with Crippen LogP contribution in [-0.4, -0.2) is 41.3 Å². The van der Waals surface area contributed by atoms with Crippen LogP contribution in [0.3, 0.4) is 0 Å². The molecule has 1 N–H and O–H groups in total. The van der Waals surface area contributed by atoms with Gasteiger partial charge in [-0.05, 0) is 17.5 Å². The van der Waals surface area contributed by atoms with Crippen molar-refractivity contribution in [3.8, 4) is 5.75 Å². The molecule has 0 atom stereocenters. The molecule has 1 amide bonds. The summed E-state index contributed by atoms with van der Waals surface area (Å²) >= 11 is 1.36. The topological polar surface area (TPSA) is 66.8 Å². The third-order valence-electron chi connectivity index (χ3n) is 2.65. The second-order valence-corrected chi connectivity index (χ2v) is 4.78. The number of rotatable bonds is 4. The van der Waals surface area contributed by atoms with Gasteiger partial charge in [0.05, 0.1) is 18.6 Å². The van der Waals surface area contributed by atoms with Crippen molar-refractivity contribution in [3.05, 3.63) is 35.2 Å². The highest BCUT2D eigenvalue weighted by molar-refractivity contribution is 8.03. The molecule has 0 bridgehead atoms. The third kappa shape index (κ3) is 3.08. The highest BCUT2D eigenvalue weighted by atomic mass is 32.2. The molecule has 1 aliphatic heterocycles. The van der Waals surface area contributed by atoms with Crippen molar-refractivity contribution in [2.75, 3.05) is 19.4 Å². The van der Waals surface area contributed by atoms with Crippen molar-refractivity contribution in [1.29, 1.82) is 0 Å². The number of carbonyl (C=O) groups excluding carboxylic acids is 1. The number of carboxylic acid groups (broad SMARTS) is 1. The maximum absolute atomic E-state index is 11.8. The van der Waals surface area contributed by atoms with Crippen LogP contribution < -0.4 is 4.74 Å². The Morgan fingerprint density at radius 2 is 2.32 bits per heavy atom. The molecule has 0 spiro atoms. The number of hydrogen-bond donors (Lipinski definition) is 1. The number of carboxylic acids is 1. The van der Waals surface area contributed by atoms with Gasteiger partial charge in [-0.2, -0.15) is 0 Å². The number of aliphatic carboxylic acids is 1. The minimum atomic E-state index is -1.03. The quantitative estimate of drug-likeness (QED) is 0.907. The Morgan fingerprint density at radius 1 is 1.53 bits per heavy atom. The lowest BCUT2D eigenvalue weighted by atomic mass is 10.1. The normalized spacial score (nSPS) is 15.1. The summed E-state index contributed by atoms with van der Waals surface area (Å²) in [6, 6.07) is 7.20. The van der Waals surface area contributed by atoms with Crippen LogP contribution in [0.15, 0.2) is 29.7 Å². The molecule has 19 heavy (non-hydrogen) atoms. The first-order chi connectivity index (χ1) is 9.11. The number of benzene rings is 1. The summed E-state index contributed by atoms with van der Waals surface area (Å²) in [5.41, 5.74) is 1.36. The van der Waals surface area contributed by atoms with Crippen molar-refractivity contribution in [2.24, 2.45) is 0 Å². The second-order valence-electron chi connectivity index (χ2n) is 3.92. The van der Waals surface area contributed by atoms with Gasteiger partial charge in [0.15, 0.2) is 0 Å². The molecule has 0 saturated carbocycles. The molecule has 0 aromatic heterocycles. The van der Waals surface area contributed by atoms with Crippen LogP contribution in [0.1, 0.15) is 5.56 Å². The molecule has 1 heterocycles. The lowest BCUT2D eigenvalue weighted by Crippen LogP contribution is -2.37. The monoisotopic (exact) mass is 279 g/mol. The molecule has 0 saturated heterocycles. The Hall–Kier alpha value is -1.95. The lowest BCUT2D eigenvalue weighted by Gasteiger charge is -2.27. The molecule has 1 aromatic rings. The largest absolute Gasteiger partial charge is 0.497 e. The van der Waals surface area contributed by atoms with Crippen molar-refractivity contribution in [3.63, 3.8) is 0 Å². The highest BCUT2D eigenvalue weighted by Crippen LogP contribution is 2.29. The Balaban J connectivity index is 2.36. The molecule has 6 heteroatoms. The number of thioether (sulfide) groups is 1. The van der Waals surface area contributed by atoms with E-state index in [1.54, 1.807) is 30.7 Å². The minimum absolute atomic E-state index is 0.201. The molecule has 0 fully saturated rings. The summed E-state index contributed by atoms with van der Waals surface area (Å²) in [5.74, 6) is -0.306. The van der Waals surface area contributed by atoms with Gasteiger partial charge in [0, 0.05) is 5.56 Å². The predicted molar refractivity (Wildman–Crippen MR) is 72.8 cm³/mol. The van der Waals surface area contributed by atoms with Gasteiger partial charge in [0.2, 0.25) is 5.91 Å². The molecule has 5 nitrogen and oxygen atoms in total. The van der Waals surface area contributed by atoms with Crippen LogP contribution in [0.5, 0.6) is 5.75 Å². The van der Waals surface area contributed by atoms with E-state index in [9.17, 15) is 9.59 Å². The van der Waals surface area contributed by atoms with Crippen molar-refractivity contribution < 1.29 is 19.4 Å². The van der Waals surface area contributed by atoms with Crippen LogP contribution in [0.4, 0.5) is 0 Å². The van der Waals surface area contributed by atoms with E-state index in [4.69, 9.17) is 9.84 Å².